The Morgan fingerprint density at radius 1 is 0.919 bits per heavy atom. The quantitative estimate of drug-likeness (QED) is 0.117. The molecule has 5 atom stereocenters. The molecular weight excluding hydrogens is 492 g/mol. The average Bonchev–Trinajstić information content (AvgIpc) is 3.35. The molecule has 15 heteroatoms. The zero-order valence-corrected chi connectivity index (χ0v) is 20.6. The fourth-order valence-corrected chi connectivity index (χ4v) is 3.26. The molecule has 3 amide bonds. The van der Waals surface area contributed by atoms with Gasteiger partial charge in [-0.15, -0.1) is 0 Å². The van der Waals surface area contributed by atoms with Crippen molar-refractivity contribution in [3.63, 3.8) is 0 Å². The topological polar surface area (TPSA) is 254 Å². The summed E-state index contributed by atoms with van der Waals surface area (Å²) in [5, 5.41) is 34.5. The number of hydrogen-bond donors (Lipinski definition) is 8. The number of aliphatic carboxylic acids is 3. The second-order valence-corrected chi connectivity index (χ2v) is 8.58. The predicted molar refractivity (Wildman–Crippen MR) is 127 cm³/mol. The molecule has 1 heterocycles. The van der Waals surface area contributed by atoms with Crippen molar-refractivity contribution in [3.8, 4) is 0 Å². The van der Waals surface area contributed by atoms with Gasteiger partial charge in [-0.3, -0.25) is 24.0 Å². The number of hydrogen-bond acceptors (Lipinski definition) is 8. The summed E-state index contributed by atoms with van der Waals surface area (Å²) in [5.74, 6) is -6.68. The minimum Gasteiger partial charge on any atom is -0.481 e. The van der Waals surface area contributed by atoms with Gasteiger partial charge in [-0.05, 0) is 18.8 Å². The maximum atomic E-state index is 13.0. The Morgan fingerprint density at radius 2 is 1.51 bits per heavy atom. The van der Waals surface area contributed by atoms with Crippen LogP contribution < -0.4 is 21.7 Å². The number of carbonyl (C=O) groups is 6. The molecule has 0 saturated heterocycles. The van der Waals surface area contributed by atoms with Crippen molar-refractivity contribution in [1.29, 1.82) is 0 Å². The van der Waals surface area contributed by atoms with E-state index in [-0.39, 0.29) is 25.7 Å². The average molecular weight is 527 g/mol. The standard InChI is InChI=1S/C22H34N6O9/c1-3-11(2)18(21(35)27-15(22(36)37)8-12-9-24-10-25-12)28-20(34)14(5-7-17(31)32)26-19(33)13(23)4-6-16(29)30/h9-11,13-15,18H,3-8,23H2,1-2H3,(H,24,25)(H,26,33)(H,27,35)(H,28,34)(H,29,30)(H,31,32)(H,36,37). The number of carboxylic acid groups (broad SMARTS) is 3. The third-order valence-corrected chi connectivity index (χ3v) is 5.67. The summed E-state index contributed by atoms with van der Waals surface area (Å²) in [5.41, 5.74) is 6.14. The van der Waals surface area contributed by atoms with Crippen LogP contribution in [-0.4, -0.2) is 85.1 Å². The van der Waals surface area contributed by atoms with Crippen LogP contribution >= 0.6 is 0 Å². The highest BCUT2D eigenvalue weighted by atomic mass is 16.4. The SMILES string of the molecule is CCC(C)C(NC(=O)C(CCC(=O)O)NC(=O)C(N)CCC(=O)O)C(=O)NC(Cc1cnc[nH]1)C(=O)O. The molecule has 5 unspecified atom stereocenters. The van der Waals surface area contributed by atoms with Gasteiger partial charge in [0.05, 0.1) is 12.4 Å². The van der Waals surface area contributed by atoms with Crippen LogP contribution in [0.25, 0.3) is 0 Å². The largest absolute Gasteiger partial charge is 0.481 e. The van der Waals surface area contributed by atoms with Gasteiger partial charge in [-0.2, -0.15) is 0 Å². The number of carbonyl (C=O) groups excluding carboxylic acids is 3. The minimum absolute atomic E-state index is 0.0895. The van der Waals surface area contributed by atoms with E-state index in [0.29, 0.717) is 12.1 Å². The first-order valence-corrected chi connectivity index (χ1v) is 11.7. The number of nitrogens with one attached hydrogen (secondary N) is 4. The van der Waals surface area contributed by atoms with Gasteiger partial charge in [0.1, 0.15) is 18.1 Å². The summed E-state index contributed by atoms with van der Waals surface area (Å²) in [6.07, 6.45) is 1.68. The monoisotopic (exact) mass is 526 g/mol. The highest BCUT2D eigenvalue weighted by molar-refractivity contribution is 5.94. The predicted octanol–water partition coefficient (Wildman–Crippen LogP) is -1.41. The van der Waals surface area contributed by atoms with E-state index in [9.17, 15) is 33.9 Å². The minimum atomic E-state index is -1.39. The summed E-state index contributed by atoms with van der Waals surface area (Å²) in [7, 11) is 0. The Kier molecular flexibility index (Phi) is 12.7. The lowest BCUT2D eigenvalue weighted by molar-refractivity contribution is -0.142. The van der Waals surface area contributed by atoms with Crippen molar-refractivity contribution in [2.75, 3.05) is 0 Å². The number of amides is 3. The van der Waals surface area contributed by atoms with Crippen LogP contribution in [0.2, 0.25) is 0 Å². The molecule has 1 rings (SSSR count). The first kappa shape index (κ1) is 31.0. The number of H-pyrrole nitrogens is 1. The van der Waals surface area contributed by atoms with Crippen molar-refractivity contribution >= 4 is 35.6 Å². The summed E-state index contributed by atoms with van der Waals surface area (Å²) < 4.78 is 0. The third kappa shape index (κ3) is 11.1. The normalized spacial score (nSPS) is 14.9. The van der Waals surface area contributed by atoms with Gasteiger partial charge >= 0.3 is 17.9 Å². The molecule has 0 aromatic carbocycles. The lowest BCUT2D eigenvalue weighted by Crippen LogP contribution is -2.59. The number of aromatic nitrogens is 2. The Bertz CT molecular complexity index is 952. The fourth-order valence-electron chi connectivity index (χ4n) is 3.26. The maximum absolute atomic E-state index is 13.0. The number of nitrogens with two attached hydrogens (primary N) is 1. The molecule has 0 bridgehead atoms. The van der Waals surface area contributed by atoms with Gasteiger partial charge in [0.2, 0.25) is 17.7 Å². The molecular formula is C22H34N6O9. The van der Waals surface area contributed by atoms with E-state index in [4.69, 9.17) is 15.9 Å². The molecule has 0 aliphatic rings. The van der Waals surface area contributed by atoms with E-state index < -0.39 is 72.1 Å². The molecule has 9 N–H and O–H groups in total. The van der Waals surface area contributed by atoms with Crippen LogP contribution in [0.5, 0.6) is 0 Å². The zero-order valence-electron chi connectivity index (χ0n) is 20.6. The van der Waals surface area contributed by atoms with Gasteiger partial charge in [-0.1, -0.05) is 20.3 Å². The number of carboxylic acids is 3. The number of aromatic amines is 1. The molecule has 0 radical (unpaired) electrons. The van der Waals surface area contributed by atoms with Crippen molar-refractivity contribution in [1.82, 2.24) is 25.9 Å². The summed E-state index contributed by atoms with van der Waals surface area (Å²) in [4.78, 5) is 78.5. The zero-order chi connectivity index (χ0) is 28.1. The van der Waals surface area contributed by atoms with E-state index in [1.165, 1.54) is 12.5 Å². The summed E-state index contributed by atoms with van der Waals surface area (Å²) in [6, 6.07) is -5.18. The molecule has 206 valence electrons. The van der Waals surface area contributed by atoms with Gasteiger partial charge < -0.3 is 42.0 Å². The molecule has 0 spiro atoms. The van der Waals surface area contributed by atoms with E-state index in [1.807, 2.05) is 0 Å². The van der Waals surface area contributed by atoms with Crippen LogP contribution in [-0.2, 0) is 35.2 Å². The molecule has 1 aromatic rings. The summed E-state index contributed by atoms with van der Waals surface area (Å²) >= 11 is 0. The smallest absolute Gasteiger partial charge is 0.326 e. The Hall–Kier alpha value is -4.01. The van der Waals surface area contributed by atoms with Crippen LogP contribution in [0.1, 0.15) is 51.6 Å². The molecule has 15 nitrogen and oxygen atoms in total. The molecule has 0 aliphatic heterocycles. The van der Waals surface area contributed by atoms with Crippen LogP contribution in [0.3, 0.4) is 0 Å². The summed E-state index contributed by atoms with van der Waals surface area (Å²) in [6.45, 7) is 3.41. The molecule has 0 aliphatic carbocycles. The molecule has 0 fully saturated rings. The van der Waals surface area contributed by atoms with E-state index in [0.717, 1.165) is 0 Å². The second-order valence-electron chi connectivity index (χ2n) is 8.58. The van der Waals surface area contributed by atoms with Crippen molar-refractivity contribution in [2.24, 2.45) is 11.7 Å². The van der Waals surface area contributed by atoms with E-state index >= 15 is 0 Å². The van der Waals surface area contributed by atoms with Crippen LogP contribution in [0, 0.1) is 5.92 Å². The van der Waals surface area contributed by atoms with Gasteiger partial charge in [-0.25, -0.2) is 9.78 Å². The van der Waals surface area contributed by atoms with Crippen LogP contribution in [0.4, 0.5) is 0 Å². The van der Waals surface area contributed by atoms with Gasteiger partial charge in [0.15, 0.2) is 0 Å². The lowest BCUT2D eigenvalue weighted by Gasteiger charge is -2.28. The number of rotatable bonds is 17. The third-order valence-electron chi connectivity index (χ3n) is 5.67. The van der Waals surface area contributed by atoms with E-state index in [2.05, 4.69) is 25.9 Å². The van der Waals surface area contributed by atoms with Gasteiger partial charge in [0, 0.05) is 31.2 Å². The highest BCUT2D eigenvalue weighted by Gasteiger charge is 2.33. The van der Waals surface area contributed by atoms with Gasteiger partial charge in [0.25, 0.3) is 0 Å². The lowest BCUT2D eigenvalue weighted by atomic mass is 9.96. The first-order chi connectivity index (χ1) is 17.3. The van der Waals surface area contributed by atoms with Crippen molar-refractivity contribution in [2.45, 2.75) is 76.5 Å². The second kappa shape index (κ2) is 15.2. The maximum Gasteiger partial charge on any atom is 0.326 e. The molecule has 0 saturated carbocycles. The van der Waals surface area contributed by atoms with Crippen molar-refractivity contribution in [3.05, 3.63) is 18.2 Å². The van der Waals surface area contributed by atoms with E-state index in [1.54, 1.807) is 13.8 Å². The first-order valence-electron chi connectivity index (χ1n) is 11.7. The molecule has 1 aromatic heterocycles. The Morgan fingerprint density at radius 3 is 2.03 bits per heavy atom. The van der Waals surface area contributed by atoms with Crippen molar-refractivity contribution < 1.29 is 44.1 Å². The Balaban J connectivity index is 3.01. The Labute approximate surface area is 212 Å². The highest BCUT2D eigenvalue weighted by Crippen LogP contribution is 2.11. The number of nitrogens with zero attached hydrogens (tertiary/aromatic N) is 1. The number of imidazole rings is 1. The van der Waals surface area contributed by atoms with Crippen LogP contribution in [0.15, 0.2) is 12.5 Å². The fraction of sp³-hybridized carbons (Fsp3) is 0.591. The molecule has 37 heavy (non-hydrogen) atoms.